The highest BCUT2D eigenvalue weighted by Gasteiger charge is 2.55. The highest BCUT2D eigenvalue weighted by atomic mass is 16.5. The third-order valence-electron chi connectivity index (χ3n) is 13.7. The predicted molar refractivity (Wildman–Crippen MR) is 238 cm³/mol. The van der Waals surface area contributed by atoms with Gasteiger partial charge in [0.15, 0.2) is 0 Å². The molecule has 1 spiro atoms. The first kappa shape index (κ1) is 41.6. The number of nitrogens with zero attached hydrogens (tertiary/aromatic N) is 4. The fourth-order valence-electron chi connectivity index (χ4n) is 9.91. The standard InChI is InChI=1S/C50H59N7O5/c1-32(2)43(55-49(60)61-3)48(59)56-26-11-15-41(56)45-51-29-39(52-45)36-20-16-33(17-21-36)34-18-22-37(23-19-34)44-40-30-62-27-10-5-4-9-14-38(35-12-7-6-8-13-35)47(58)57-31-50(24-25-50)28-42(57)46(53-40)54-44/h6-8,12-13,16-23,29,32,38,41-43H,4-5,9-11,14-15,24-28,30-31H2,1-3H3,(H,51,52)(H,53,54)(H,55,60)/t38-,41-,42-,43-/m0/s1. The average Bonchev–Trinajstić information content (AvgIpc) is 3.78. The van der Waals surface area contributed by atoms with Crippen molar-refractivity contribution in [2.75, 3.05) is 26.8 Å². The molecule has 5 heterocycles. The van der Waals surface area contributed by atoms with Gasteiger partial charge in [-0.25, -0.2) is 14.8 Å². The van der Waals surface area contributed by atoms with Crippen LogP contribution in [0.3, 0.4) is 0 Å². The fourth-order valence-corrected chi connectivity index (χ4v) is 9.91. The Morgan fingerprint density at radius 2 is 1.55 bits per heavy atom. The van der Waals surface area contributed by atoms with E-state index in [0.717, 1.165) is 127 Å². The zero-order valence-electron chi connectivity index (χ0n) is 36.2. The number of likely N-dealkylation sites (tertiary alicyclic amines) is 1. The van der Waals surface area contributed by atoms with Crippen molar-refractivity contribution in [3.63, 3.8) is 0 Å². The molecule has 5 aromatic rings. The Kier molecular flexibility index (Phi) is 12.0. The summed E-state index contributed by atoms with van der Waals surface area (Å²) in [5.41, 5.74) is 8.21. The van der Waals surface area contributed by atoms with Gasteiger partial charge in [-0.3, -0.25) is 9.59 Å². The van der Waals surface area contributed by atoms with E-state index in [2.05, 4.69) is 93.0 Å². The summed E-state index contributed by atoms with van der Waals surface area (Å²) in [6.45, 7) is 6.36. The molecular formula is C50H59N7O5. The minimum Gasteiger partial charge on any atom is -0.453 e. The maximum Gasteiger partial charge on any atom is 0.407 e. The maximum absolute atomic E-state index is 14.6. The lowest BCUT2D eigenvalue weighted by atomic mass is 9.91. The first-order valence-corrected chi connectivity index (χ1v) is 22.6. The van der Waals surface area contributed by atoms with Gasteiger partial charge in [-0.15, -0.1) is 0 Å². The van der Waals surface area contributed by atoms with Gasteiger partial charge in [-0.2, -0.15) is 0 Å². The van der Waals surface area contributed by atoms with Crippen molar-refractivity contribution in [1.82, 2.24) is 35.1 Å². The molecule has 62 heavy (non-hydrogen) atoms. The van der Waals surface area contributed by atoms with Gasteiger partial charge in [0.2, 0.25) is 11.8 Å². The highest BCUT2D eigenvalue weighted by molar-refractivity contribution is 5.87. The van der Waals surface area contributed by atoms with Crippen molar-refractivity contribution in [3.05, 3.63) is 108 Å². The Bertz CT molecular complexity index is 2350. The van der Waals surface area contributed by atoms with Gasteiger partial charge < -0.3 is 34.6 Å². The first-order chi connectivity index (χ1) is 30.2. The third kappa shape index (κ3) is 8.66. The van der Waals surface area contributed by atoms with Crippen LogP contribution in [0.4, 0.5) is 4.79 Å². The summed E-state index contributed by atoms with van der Waals surface area (Å²) in [4.78, 5) is 61.5. The Morgan fingerprint density at radius 3 is 2.26 bits per heavy atom. The molecule has 2 saturated heterocycles. The van der Waals surface area contributed by atoms with Gasteiger partial charge in [0, 0.05) is 25.3 Å². The number of aromatic amines is 2. The molecule has 4 aliphatic rings. The van der Waals surface area contributed by atoms with Crippen molar-refractivity contribution in [3.8, 4) is 33.6 Å². The number of H-pyrrole nitrogens is 2. The van der Waals surface area contributed by atoms with Gasteiger partial charge in [0.25, 0.3) is 0 Å². The molecule has 2 bridgehead atoms. The number of alkyl carbamates (subject to hydrolysis) is 1. The molecule has 3 N–H and O–H groups in total. The van der Waals surface area contributed by atoms with E-state index in [9.17, 15) is 14.4 Å². The number of imidazole rings is 2. The SMILES string of the molecule is COC(=O)N[C@H](C(=O)N1CCC[C@H]1c1ncc(-c2ccc(-c3ccc(-c4nc5[nH]c4COCCCCCC[C@@H](c4ccccc4)C(=O)N4CC6(CC6)C[C@@H]54)cc3)cc2)[nH]1)C(C)C. The van der Waals surface area contributed by atoms with Crippen LogP contribution in [0, 0.1) is 11.3 Å². The molecule has 2 aromatic heterocycles. The van der Waals surface area contributed by atoms with Crippen LogP contribution in [-0.2, 0) is 25.7 Å². The lowest BCUT2D eigenvalue weighted by Crippen LogP contribution is -2.51. The third-order valence-corrected chi connectivity index (χ3v) is 13.7. The van der Waals surface area contributed by atoms with Crippen LogP contribution < -0.4 is 5.32 Å². The van der Waals surface area contributed by atoms with Crippen molar-refractivity contribution >= 4 is 17.9 Å². The fraction of sp³-hybridized carbons (Fsp3) is 0.460. The molecule has 324 valence electrons. The van der Waals surface area contributed by atoms with Crippen LogP contribution in [0.15, 0.2) is 85.1 Å². The highest BCUT2D eigenvalue weighted by Crippen LogP contribution is 2.59. The van der Waals surface area contributed by atoms with Gasteiger partial charge >= 0.3 is 6.09 Å². The lowest BCUT2D eigenvalue weighted by molar-refractivity contribution is -0.135. The molecule has 12 nitrogen and oxygen atoms in total. The number of nitrogens with one attached hydrogen (secondary N) is 3. The number of ether oxygens (including phenoxy) is 2. The summed E-state index contributed by atoms with van der Waals surface area (Å²) >= 11 is 0. The summed E-state index contributed by atoms with van der Waals surface area (Å²) < 4.78 is 11.1. The van der Waals surface area contributed by atoms with E-state index >= 15 is 0 Å². The molecular weight excluding hydrogens is 779 g/mol. The molecule has 3 fully saturated rings. The molecule has 0 unspecified atom stereocenters. The minimum absolute atomic E-state index is 0.0928. The van der Waals surface area contributed by atoms with E-state index in [1.54, 1.807) is 0 Å². The van der Waals surface area contributed by atoms with Gasteiger partial charge in [-0.05, 0) is 78.5 Å². The second-order valence-corrected chi connectivity index (χ2v) is 18.2. The zero-order chi connectivity index (χ0) is 42.8. The van der Waals surface area contributed by atoms with Gasteiger partial charge in [0.05, 0.1) is 55.0 Å². The van der Waals surface area contributed by atoms with Gasteiger partial charge in [0.1, 0.15) is 17.7 Å². The van der Waals surface area contributed by atoms with E-state index < -0.39 is 12.1 Å². The number of amides is 3. The molecule has 1 saturated carbocycles. The quantitative estimate of drug-likeness (QED) is 0.141. The molecule has 0 radical (unpaired) electrons. The molecule has 4 atom stereocenters. The van der Waals surface area contributed by atoms with Crippen molar-refractivity contribution < 1.29 is 23.9 Å². The van der Waals surface area contributed by atoms with Crippen LogP contribution in [-0.4, -0.2) is 80.5 Å². The van der Waals surface area contributed by atoms with E-state index in [1.165, 1.54) is 7.11 Å². The van der Waals surface area contributed by atoms with E-state index in [4.69, 9.17) is 19.4 Å². The number of aromatic nitrogens is 4. The van der Waals surface area contributed by atoms with E-state index in [0.29, 0.717) is 19.8 Å². The number of methoxy groups -OCH3 is 1. The van der Waals surface area contributed by atoms with Crippen molar-refractivity contribution in [2.45, 2.75) is 109 Å². The second kappa shape index (κ2) is 17.9. The number of rotatable bonds is 8. The Labute approximate surface area is 364 Å². The van der Waals surface area contributed by atoms with Crippen LogP contribution >= 0.6 is 0 Å². The lowest BCUT2D eigenvalue weighted by Gasteiger charge is -2.30. The Hall–Kier alpha value is -5.75. The summed E-state index contributed by atoms with van der Waals surface area (Å²) in [7, 11) is 1.30. The largest absolute Gasteiger partial charge is 0.453 e. The molecule has 3 amide bonds. The second-order valence-electron chi connectivity index (χ2n) is 18.2. The number of hydrogen-bond donors (Lipinski definition) is 3. The van der Waals surface area contributed by atoms with Gasteiger partial charge in [-0.1, -0.05) is 112 Å². The van der Waals surface area contributed by atoms with Crippen LogP contribution in [0.5, 0.6) is 0 Å². The molecule has 3 aliphatic heterocycles. The van der Waals surface area contributed by atoms with Crippen molar-refractivity contribution in [1.29, 1.82) is 0 Å². The number of fused-ring (bicyclic) bond motifs is 4. The number of carbonyl (C=O) groups excluding carboxylic acids is 3. The Morgan fingerprint density at radius 1 is 0.839 bits per heavy atom. The molecule has 3 aromatic carbocycles. The first-order valence-electron chi connectivity index (χ1n) is 22.6. The van der Waals surface area contributed by atoms with Crippen LogP contribution in [0.25, 0.3) is 33.6 Å². The Balaban J connectivity index is 0.926. The number of benzene rings is 3. The summed E-state index contributed by atoms with van der Waals surface area (Å²) in [6.07, 6.45) is 11.2. The molecule has 12 heteroatoms. The molecule has 9 rings (SSSR count). The molecule has 1 aliphatic carbocycles. The maximum atomic E-state index is 14.6. The number of carbonyl (C=O) groups is 3. The average molecular weight is 838 g/mol. The van der Waals surface area contributed by atoms with Crippen LogP contribution in [0.2, 0.25) is 0 Å². The monoisotopic (exact) mass is 837 g/mol. The summed E-state index contributed by atoms with van der Waals surface area (Å²) in [5, 5.41) is 2.72. The minimum atomic E-state index is -0.682. The summed E-state index contributed by atoms with van der Waals surface area (Å²) in [6, 6.07) is 26.4. The number of hydrogen-bond acceptors (Lipinski definition) is 7. The topological polar surface area (TPSA) is 146 Å². The van der Waals surface area contributed by atoms with Crippen LogP contribution in [0.1, 0.15) is 119 Å². The summed E-state index contributed by atoms with van der Waals surface area (Å²) in [5.74, 6) is 1.46. The van der Waals surface area contributed by atoms with E-state index in [1.807, 2.05) is 31.0 Å². The van der Waals surface area contributed by atoms with E-state index in [-0.39, 0.29) is 41.1 Å². The normalized spacial score (nSPS) is 21.9. The zero-order valence-corrected chi connectivity index (χ0v) is 36.2. The smallest absolute Gasteiger partial charge is 0.407 e. The predicted octanol–water partition coefficient (Wildman–Crippen LogP) is 9.50. The van der Waals surface area contributed by atoms with Crippen molar-refractivity contribution in [2.24, 2.45) is 11.3 Å².